The first-order valence-corrected chi connectivity index (χ1v) is 3.83. The van der Waals surface area contributed by atoms with Gasteiger partial charge in [-0.15, -0.1) is 0 Å². The molecule has 0 aliphatic carbocycles. The van der Waals surface area contributed by atoms with E-state index in [2.05, 4.69) is 4.74 Å². The average molecular weight is 224 g/mol. The number of alkyl halides is 4. The van der Waals surface area contributed by atoms with Gasteiger partial charge in [-0.1, -0.05) is 0 Å². The largest absolute Gasteiger partial charge is 0.457 e. The van der Waals surface area contributed by atoms with Gasteiger partial charge >= 0.3 is 12.5 Å². The monoisotopic (exact) mass is 224 g/mol. The van der Waals surface area contributed by atoms with E-state index in [1.807, 2.05) is 0 Å². The molecular formula is C8H8F4N2O. The summed E-state index contributed by atoms with van der Waals surface area (Å²) in [5, 5.41) is 0. The van der Waals surface area contributed by atoms with Crippen LogP contribution >= 0.6 is 0 Å². The normalized spacial score (nSPS) is 13.6. The number of nitrogens with two attached hydrogens (primary N) is 2. The molecule has 4 N–H and O–H groups in total. The van der Waals surface area contributed by atoms with Gasteiger partial charge in [0.25, 0.3) is 0 Å². The summed E-state index contributed by atoms with van der Waals surface area (Å²) in [6.45, 7) is 0. The van der Waals surface area contributed by atoms with E-state index in [0.717, 1.165) is 12.1 Å². The molecule has 0 amide bonds. The van der Waals surface area contributed by atoms with Crippen molar-refractivity contribution < 1.29 is 22.3 Å². The minimum Gasteiger partial charge on any atom is -0.452 e. The lowest BCUT2D eigenvalue weighted by atomic mass is 10.2. The van der Waals surface area contributed by atoms with E-state index >= 15 is 0 Å². The van der Waals surface area contributed by atoms with Crippen LogP contribution in [-0.2, 0) is 0 Å². The molecule has 0 radical (unpaired) electrons. The zero-order valence-corrected chi connectivity index (χ0v) is 7.38. The van der Waals surface area contributed by atoms with E-state index in [9.17, 15) is 17.6 Å². The highest BCUT2D eigenvalue weighted by atomic mass is 19.4. The van der Waals surface area contributed by atoms with Crippen LogP contribution in [0.5, 0.6) is 5.75 Å². The Morgan fingerprint density at radius 1 is 1.13 bits per heavy atom. The number of anilines is 2. The molecule has 0 aliphatic heterocycles. The molecule has 1 aromatic rings. The lowest BCUT2D eigenvalue weighted by Gasteiger charge is -2.14. The number of nitrogen functional groups attached to an aromatic ring is 2. The average Bonchev–Trinajstić information content (AvgIpc) is 2.10. The lowest BCUT2D eigenvalue weighted by Crippen LogP contribution is -2.29. The SMILES string of the molecule is Nc1ccc(OC(F)C(F)(F)F)cc1N. The smallest absolute Gasteiger partial charge is 0.452 e. The third kappa shape index (κ3) is 2.90. The predicted molar refractivity (Wildman–Crippen MR) is 46.8 cm³/mol. The second-order valence-electron chi connectivity index (χ2n) is 2.77. The number of benzene rings is 1. The van der Waals surface area contributed by atoms with Gasteiger partial charge in [-0.2, -0.15) is 17.6 Å². The van der Waals surface area contributed by atoms with Crippen molar-refractivity contribution in [2.45, 2.75) is 12.5 Å². The van der Waals surface area contributed by atoms with Crippen molar-refractivity contribution in [3.05, 3.63) is 18.2 Å². The van der Waals surface area contributed by atoms with Crippen molar-refractivity contribution in [3.8, 4) is 5.75 Å². The Hall–Kier alpha value is -1.66. The van der Waals surface area contributed by atoms with Gasteiger partial charge < -0.3 is 16.2 Å². The number of hydrogen-bond acceptors (Lipinski definition) is 3. The standard InChI is InChI=1S/C8H8F4N2O/c9-7(8(10,11)12)15-4-1-2-5(13)6(14)3-4/h1-3,7H,13-14H2. The molecule has 0 aromatic heterocycles. The van der Waals surface area contributed by atoms with Crippen molar-refractivity contribution >= 4 is 11.4 Å². The molecule has 0 aliphatic rings. The molecule has 7 heteroatoms. The molecule has 15 heavy (non-hydrogen) atoms. The molecule has 0 heterocycles. The second kappa shape index (κ2) is 3.84. The molecule has 3 nitrogen and oxygen atoms in total. The van der Waals surface area contributed by atoms with Gasteiger partial charge in [-0.25, -0.2) is 0 Å². The molecule has 1 atom stereocenters. The number of hydrogen-bond donors (Lipinski definition) is 2. The van der Waals surface area contributed by atoms with Crippen LogP contribution in [0.25, 0.3) is 0 Å². The highest BCUT2D eigenvalue weighted by Crippen LogP contribution is 2.28. The first-order valence-electron chi connectivity index (χ1n) is 3.83. The number of halogens is 4. The fourth-order valence-corrected chi connectivity index (χ4v) is 0.812. The summed E-state index contributed by atoms with van der Waals surface area (Å²) < 4.78 is 51.7. The number of ether oxygens (including phenoxy) is 1. The molecule has 84 valence electrons. The Balaban J connectivity index is 2.78. The Bertz CT molecular complexity index is 353. The summed E-state index contributed by atoms with van der Waals surface area (Å²) in [4.78, 5) is 0. The summed E-state index contributed by atoms with van der Waals surface area (Å²) in [6.07, 6.45) is -8.43. The van der Waals surface area contributed by atoms with Gasteiger partial charge in [0.15, 0.2) is 0 Å². The zero-order valence-electron chi connectivity index (χ0n) is 7.38. The summed E-state index contributed by atoms with van der Waals surface area (Å²) in [5.74, 6) is -0.327. The molecule has 1 rings (SSSR count). The Kier molecular flexibility index (Phi) is 2.92. The van der Waals surface area contributed by atoms with Gasteiger partial charge in [0, 0.05) is 6.07 Å². The lowest BCUT2D eigenvalue weighted by molar-refractivity contribution is -0.236. The van der Waals surface area contributed by atoms with E-state index in [1.165, 1.54) is 6.07 Å². The van der Waals surface area contributed by atoms with Gasteiger partial charge in [-0.05, 0) is 12.1 Å². The van der Waals surface area contributed by atoms with E-state index in [0.29, 0.717) is 0 Å². The highest BCUT2D eigenvalue weighted by molar-refractivity contribution is 5.65. The molecule has 0 fully saturated rings. The van der Waals surface area contributed by atoms with E-state index in [1.54, 1.807) is 0 Å². The van der Waals surface area contributed by atoms with Crippen molar-refractivity contribution in [1.29, 1.82) is 0 Å². The van der Waals surface area contributed by atoms with Crippen LogP contribution in [-0.4, -0.2) is 12.5 Å². The van der Waals surface area contributed by atoms with Gasteiger partial charge in [0.1, 0.15) is 5.75 Å². The topological polar surface area (TPSA) is 61.3 Å². The minimum atomic E-state index is -5.06. The highest BCUT2D eigenvalue weighted by Gasteiger charge is 2.42. The molecular weight excluding hydrogens is 216 g/mol. The first-order chi connectivity index (χ1) is 6.80. The third-order valence-electron chi connectivity index (χ3n) is 1.56. The van der Waals surface area contributed by atoms with Crippen molar-refractivity contribution in [1.82, 2.24) is 0 Å². The first kappa shape index (κ1) is 11.4. The van der Waals surface area contributed by atoms with E-state index < -0.39 is 12.5 Å². The van der Waals surface area contributed by atoms with Crippen LogP contribution in [0, 0.1) is 0 Å². The van der Waals surface area contributed by atoms with Gasteiger partial charge in [0.05, 0.1) is 11.4 Å². The van der Waals surface area contributed by atoms with E-state index in [-0.39, 0.29) is 17.1 Å². The maximum absolute atomic E-state index is 12.4. The van der Waals surface area contributed by atoms with Crippen LogP contribution in [0.4, 0.5) is 28.9 Å². The van der Waals surface area contributed by atoms with Crippen molar-refractivity contribution in [2.75, 3.05) is 11.5 Å². The minimum absolute atomic E-state index is 0.0295. The quantitative estimate of drug-likeness (QED) is 0.597. The molecule has 0 spiro atoms. The van der Waals surface area contributed by atoms with Crippen LogP contribution in [0.1, 0.15) is 0 Å². The zero-order chi connectivity index (χ0) is 11.6. The molecule has 1 unspecified atom stereocenters. The molecule has 0 bridgehead atoms. The van der Waals surface area contributed by atoms with Crippen LogP contribution < -0.4 is 16.2 Å². The number of rotatable bonds is 2. The Morgan fingerprint density at radius 2 is 1.73 bits per heavy atom. The van der Waals surface area contributed by atoms with Gasteiger partial charge in [-0.3, -0.25) is 0 Å². The fraction of sp³-hybridized carbons (Fsp3) is 0.250. The maximum Gasteiger partial charge on any atom is 0.457 e. The molecule has 0 saturated heterocycles. The third-order valence-corrected chi connectivity index (χ3v) is 1.56. The van der Waals surface area contributed by atoms with Crippen LogP contribution in [0.3, 0.4) is 0 Å². The summed E-state index contributed by atoms with van der Waals surface area (Å²) >= 11 is 0. The maximum atomic E-state index is 12.4. The fourth-order valence-electron chi connectivity index (χ4n) is 0.812. The molecule has 1 aromatic carbocycles. The molecule has 0 saturated carbocycles. The Labute approximate surface area is 82.6 Å². The van der Waals surface area contributed by atoms with E-state index in [4.69, 9.17) is 11.5 Å². The van der Waals surface area contributed by atoms with Crippen LogP contribution in [0.15, 0.2) is 18.2 Å². The Morgan fingerprint density at radius 3 is 2.20 bits per heavy atom. The second-order valence-corrected chi connectivity index (χ2v) is 2.77. The summed E-state index contributed by atoms with van der Waals surface area (Å²) in [5.41, 5.74) is 10.8. The summed E-state index contributed by atoms with van der Waals surface area (Å²) in [6, 6.07) is 3.35. The predicted octanol–water partition coefficient (Wildman–Crippen LogP) is 2.09. The van der Waals surface area contributed by atoms with Crippen molar-refractivity contribution in [3.63, 3.8) is 0 Å². The summed E-state index contributed by atoms with van der Waals surface area (Å²) in [7, 11) is 0. The van der Waals surface area contributed by atoms with Gasteiger partial charge in [0.2, 0.25) is 0 Å². The van der Waals surface area contributed by atoms with Crippen LogP contribution in [0.2, 0.25) is 0 Å². The van der Waals surface area contributed by atoms with Crippen molar-refractivity contribution in [2.24, 2.45) is 0 Å².